The smallest absolute Gasteiger partial charge is 0.407 e. The van der Waals surface area contributed by atoms with Gasteiger partial charge in [0.25, 0.3) is 0 Å². The van der Waals surface area contributed by atoms with Gasteiger partial charge in [-0.1, -0.05) is 12.8 Å². The van der Waals surface area contributed by atoms with Crippen molar-refractivity contribution in [2.75, 3.05) is 26.3 Å². The van der Waals surface area contributed by atoms with Gasteiger partial charge < -0.3 is 20.1 Å². The van der Waals surface area contributed by atoms with Crippen molar-refractivity contribution in [3.8, 4) is 0 Å². The van der Waals surface area contributed by atoms with E-state index in [1.807, 2.05) is 20.8 Å². The first-order chi connectivity index (χ1) is 10.9. The Kier molecular flexibility index (Phi) is 7.15. The Hall–Kier alpha value is -0.810. The molecule has 0 radical (unpaired) electrons. The van der Waals surface area contributed by atoms with Crippen molar-refractivity contribution >= 4 is 6.09 Å². The second-order valence-corrected chi connectivity index (χ2v) is 8.03. The summed E-state index contributed by atoms with van der Waals surface area (Å²) in [6.07, 6.45) is 7.06. The van der Waals surface area contributed by atoms with Crippen LogP contribution in [0.1, 0.15) is 59.3 Å². The molecule has 2 fully saturated rings. The summed E-state index contributed by atoms with van der Waals surface area (Å²) in [6, 6.07) is 0.501. The number of carbonyl (C=O) groups excluding carboxylic acids is 1. The lowest BCUT2D eigenvalue weighted by Gasteiger charge is -2.34. The van der Waals surface area contributed by atoms with E-state index in [0.29, 0.717) is 24.4 Å². The van der Waals surface area contributed by atoms with Crippen LogP contribution in [0.3, 0.4) is 0 Å². The van der Waals surface area contributed by atoms with Gasteiger partial charge in [-0.15, -0.1) is 0 Å². The minimum absolute atomic E-state index is 0.303. The number of ether oxygens (including phenoxy) is 2. The minimum Gasteiger partial charge on any atom is -0.444 e. The topological polar surface area (TPSA) is 59.6 Å². The predicted octanol–water partition coefficient (Wildman–Crippen LogP) is 3.09. The molecule has 2 aliphatic rings. The van der Waals surface area contributed by atoms with Gasteiger partial charge in [-0.05, 0) is 58.3 Å². The molecule has 0 aromatic carbocycles. The molecule has 0 aromatic heterocycles. The van der Waals surface area contributed by atoms with Crippen LogP contribution in [0.2, 0.25) is 0 Å². The molecule has 0 spiro atoms. The maximum atomic E-state index is 11.8. The van der Waals surface area contributed by atoms with E-state index in [2.05, 4.69) is 10.6 Å². The molecule has 5 heteroatoms. The maximum absolute atomic E-state index is 11.8. The monoisotopic (exact) mass is 326 g/mol. The van der Waals surface area contributed by atoms with Crippen LogP contribution in [0.4, 0.5) is 4.79 Å². The number of alkyl carbamates (subject to hydrolysis) is 1. The Labute approximate surface area is 140 Å². The quantitative estimate of drug-likeness (QED) is 0.815. The SMILES string of the molecule is CC(C)(C)OC(=O)NCC1CCCCC1NCC1CCCOC1. The fraction of sp³-hybridized carbons (Fsp3) is 0.944. The molecule has 2 N–H and O–H groups in total. The summed E-state index contributed by atoms with van der Waals surface area (Å²) in [7, 11) is 0. The molecule has 0 bridgehead atoms. The molecular weight excluding hydrogens is 292 g/mol. The summed E-state index contributed by atoms with van der Waals surface area (Å²) < 4.78 is 10.9. The molecule has 2 rings (SSSR count). The summed E-state index contributed by atoms with van der Waals surface area (Å²) in [6.45, 7) is 9.22. The van der Waals surface area contributed by atoms with Gasteiger partial charge in [-0.2, -0.15) is 0 Å². The van der Waals surface area contributed by atoms with Crippen molar-refractivity contribution in [1.82, 2.24) is 10.6 Å². The highest BCUT2D eigenvalue weighted by atomic mass is 16.6. The van der Waals surface area contributed by atoms with Crippen molar-refractivity contribution in [2.24, 2.45) is 11.8 Å². The lowest BCUT2D eigenvalue weighted by atomic mass is 9.84. The Bertz CT molecular complexity index is 362. The number of amides is 1. The average molecular weight is 326 g/mol. The number of carbonyl (C=O) groups is 1. The van der Waals surface area contributed by atoms with E-state index in [0.717, 1.165) is 19.8 Å². The number of rotatable bonds is 5. The summed E-state index contributed by atoms with van der Waals surface area (Å²) in [5, 5.41) is 6.69. The van der Waals surface area contributed by atoms with Crippen molar-refractivity contribution < 1.29 is 14.3 Å². The normalized spacial score (nSPS) is 29.1. The van der Waals surface area contributed by atoms with Crippen molar-refractivity contribution in [3.05, 3.63) is 0 Å². The van der Waals surface area contributed by atoms with E-state index in [-0.39, 0.29) is 6.09 Å². The van der Waals surface area contributed by atoms with E-state index in [9.17, 15) is 4.79 Å². The third-order valence-electron chi connectivity index (χ3n) is 4.74. The summed E-state index contributed by atoms with van der Waals surface area (Å²) in [4.78, 5) is 11.8. The molecule has 3 unspecified atom stereocenters. The van der Waals surface area contributed by atoms with Crippen molar-refractivity contribution in [1.29, 1.82) is 0 Å². The molecule has 5 nitrogen and oxygen atoms in total. The maximum Gasteiger partial charge on any atom is 0.407 e. The van der Waals surface area contributed by atoms with E-state index < -0.39 is 5.60 Å². The minimum atomic E-state index is -0.435. The number of hydrogen-bond donors (Lipinski definition) is 2. The number of hydrogen-bond acceptors (Lipinski definition) is 4. The Morgan fingerprint density at radius 2 is 1.91 bits per heavy atom. The van der Waals surface area contributed by atoms with E-state index in [4.69, 9.17) is 9.47 Å². The van der Waals surface area contributed by atoms with E-state index in [1.165, 1.54) is 38.5 Å². The van der Waals surface area contributed by atoms with Crippen LogP contribution >= 0.6 is 0 Å². The molecule has 23 heavy (non-hydrogen) atoms. The standard InChI is InChI=1S/C18H34N2O3/c1-18(2,3)23-17(21)20-12-15-8-4-5-9-16(15)19-11-14-7-6-10-22-13-14/h14-16,19H,4-13H2,1-3H3,(H,20,21). The summed E-state index contributed by atoms with van der Waals surface area (Å²) in [5.41, 5.74) is -0.435. The Balaban J connectivity index is 1.73. The largest absolute Gasteiger partial charge is 0.444 e. The van der Waals surface area contributed by atoms with E-state index in [1.54, 1.807) is 0 Å². The molecule has 3 atom stereocenters. The molecule has 1 heterocycles. The van der Waals surface area contributed by atoms with Gasteiger partial charge in [0.1, 0.15) is 5.60 Å². The van der Waals surface area contributed by atoms with Crippen LogP contribution in [0.15, 0.2) is 0 Å². The highest BCUT2D eigenvalue weighted by Crippen LogP contribution is 2.25. The van der Waals surface area contributed by atoms with Crippen LogP contribution in [0.5, 0.6) is 0 Å². The van der Waals surface area contributed by atoms with Gasteiger partial charge in [-0.25, -0.2) is 4.79 Å². The van der Waals surface area contributed by atoms with Gasteiger partial charge >= 0.3 is 6.09 Å². The molecule has 134 valence electrons. The third kappa shape index (κ3) is 7.08. The lowest BCUT2D eigenvalue weighted by molar-refractivity contribution is 0.0489. The van der Waals surface area contributed by atoms with Crippen LogP contribution in [0.25, 0.3) is 0 Å². The second kappa shape index (κ2) is 8.88. The first-order valence-corrected chi connectivity index (χ1v) is 9.22. The fourth-order valence-electron chi connectivity index (χ4n) is 3.54. The number of nitrogens with one attached hydrogen (secondary N) is 2. The van der Waals surface area contributed by atoms with Crippen LogP contribution in [-0.4, -0.2) is 44.0 Å². The second-order valence-electron chi connectivity index (χ2n) is 8.03. The van der Waals surface area contributed by atoms with Crippen molar-refractivity contribution in [2.45, 2.75) is 70.9 Å². The molecule has 0 aromatic rings. The zero-order chi connectivity index (χ0) is 16.7. The Morgan fingerprint density at radius 3 is 2.61 bits per heavy atom. The molecular formula is C18H34N2O3. The Morgan fingerprint density at radius 1 is 1.13 bits per heavy atom. The first-order valence-electron chi connectivity index (χ1n) is 9.22. The zero-order valence-corrected chi connectivity index (χ0v) is 15.0. The average Bonchev–Trinajstić information content (AvgIpc) is 2.51. The highest BCUT2D eigenvalue weighted by molar-refractivity contribution is 5.67. The van der Waals surface area contributed by atoms with Gasteiger partial charge in [0.05, 0.1) is 6.61 Å². The van der Waals surface area contributed by atoms with Crippen molar-refractivity contribution in [3.63, 3.8) is 0 Å². The third-order valence-corrected chi connectivity index (χ3v) is 4.74. The summed E-state index contributed by atoms with van der Waals surface area (Å²) >= 11 is 0. The molecule has 1 saturated carbocycles. The van der Waals surface area contributed by atoms with Crippen LogP contribution in [-0.2, 0) is 9.47 Å². The zero-order valence-electron chi connectivity index (χ0n) is 15.0. The van der Waals surface area contributed by atoms with Gasteiger partial charge in [0.2, 0.25) is 0 Å². The van der Waals surface area contributed by atoms with Gasteiger partial charge in [0, 0.05) is 25.7 Å². The molecule has 1 amide bonds. The lowest BCUT2D eigenvalue weighted by Crippen LogP contribution is -2.46. The van der Waals surface area contributed by atoms with Gasteiger partial charge in [0.15, 0.2) is 0 Å². The molecule has 1 aliphatic carbocycles. The highest BCUT2D eigenvalue weighted by Gasteiger charge is 2.27. The molecule has 1 aliphatic heterocycles. The van der Waals surface area contributed by atoms with Crippen LogP contribution < -0.4 is 10.6 Å². The predicted molar refractivity (Wildman–Crippen MR) is 91.5 cm³/mol. The van der Waals surface area contributed by atoms with E-state index >= 15 is 0 Å². The first kappa shape index (κ1) is 18.5. The summed E-state index contributed by atoms with van der Waals surface area (Å²) in [5.74, 6) is 1.14. The van der Waals surface area contributed by atoms with Crippen LogP contribution in [0, 0.1) is 11.8 Å². The van der Waals surface area contributed by atoms with Gasteiger partial charge in [-0.3, -0.25) is 0 Å². The molecule has 1 saturated heterocycles. The fourth-order valence-corrected chi connectivity index (χ4v) is 3.54.